The topological polar surface area (TPSA) is 120 Å². The summed E-state index contributed by atoms with van der Waals surface area (Å²) in [6.45, 7) is 1.40. The molecule has 1 saturated heterocycles. The van der Waals surface area contributed by atoms with Crippen molar-refractivity contribution in [3.05, 3.63) is 50.4 Å². The Bertz CT molecular complexity index is 1220. The molecule has 0 saturated carbocycles. The van der Waals surface area contributed by atoms with Crippen molar-refractivity contribution in [2.24, 2.45) is 0 Å². The highest BCUT2D eigenvalue weighted by Crippen LogP contribution is 2.37. The first-order valence-electron chi connectivity index (χ1n) is 10.6. The number of esters is 1. The van der Waals surface area contributed by atoms with Gasteiger partial charge in [0.05, 0.1) is 35.0 Å². The van der Waals surface area contributed by atoms with Gasteiger partial charge >= 0.3 is 5.97 Å². The van der Waals surface area contributed by atoms with Crippen LogP contribution in [-0.2, 0) is 19.1 Å². The number of benzene rings is 2. The molecule has 10 nitrogen and oxygen atoms in total. The molecule has 1 heterocycles. The predicted molar refractivity (Wildman–Crippen MR) is 142 cm³/mol. The fourth-order valence-corrected chi connectivity index (χ4v) is 4.75. The highest BCUT2D eigenvalue weighted by molar-refractivity contribution is 14.1. The van der Waals surface area contributed by atoms with E-state index in [1.807, 2.05) is 22.6 Å². The first-order chi connectivity index (χ1) is 17.3. The number of anilines is 1. The summed E-state index contributed by atoms with van der Waals surface area (Å²) in [4.78, 5) is 50.4. The van der Waals surface area contributed by atoms with E-state index in [0.29, 0.717) is 38.7 Å². The van der Waals surface area contributed by atoms with E-state index < -0.39 is 29.6 Å². The fraction of sp³-hybridized carbons (Fsp3) is 0.250. The quantitative estimate of drug-likeness (QED) is 0.238. The molecule has 36 heavy (non-hydrogen) atoms. The predicted octanol–water partition coefficient (Wildman–Crippen LogP) is 3.93. The van der Waals surface area contributed by atoms with Gasteiger partial charge in [0.25, 0.3) is 11.1 Å². The second-order valence-electron chi connectivity index (χ2n) is 7.14. The summed E-state index contributed by atoms with van der Waals surface area (Å²) in [5.41, 5.74) is 1.01. The smallest absolute Gasteiger partial charge is 0.343 e. The van der Waals surface area contributed by atoms with Crippen LogP contribution in [0.15, 0.2) is 41.3 Å². The molecule has 3 amide bonds. The first kappa shape index (κ1) is 27.3. The Kier molecular flexibility index (Phi) is 9.58. The molecule has 2 aromatic carbocycles. The number of imide groups is 1. The second kappa shape index (κ2) is 12.6. The molecular weight excluding hydrogens is 603 g/mol. The Morgan fingerprint density at radius 1 is 1.11 bits per heavy atom. The van der Waals surface area contributed by atoms with Crippen LogP contribution in [0.3, 0.4) is 0 Å². The number of ether oxygens (including phenoxy) is 4. The number of nitrogens with one attached hydrogen (secondary N) is 1. The monoisotopic (exact) mass is 626 g/mol. The van der Waals surface area contributed by atoms with Crippen LogP contribution in [0.1, 0.15) is 12.5 Å². The third-order valence-electron chi connectivity index (χ3n) is 4.75. The van der Waals surface area contributed by atoms with Crippen molar-refractivity contribution >= 4 is 69.1 Å². The molecular formula is C24H23IN2O8S. The van der Waals surface area contributed by atoms with Crippen LogP contribution in [0.4, 0.5) is 10.5 Å². The van der Waals surface area contributed by atoms with E-state index in [4.69, 9.17) is 14.2 Å². The van der Waals surface area contributed by atoms with E-state index in [-0.39, 0.29) is 11.5 Å². The number of para-hydroxylation sites is 2. The molecule has 0 aromatic heterocycles. The van der Waals surface area contributed by atoms with Crippen LogP contribution in [0.25, 0.3) is 6.08 Å². The van der Waals surface area contributed by atoms with Crippen molar-refractivity contribution in [2.75, 3.05) is 39.3 Å². The van der Waals surface area contributed by atoms with Crippen molar-refractivity contribution in [1.82, 2.24) is 4.90 Å². The van der Waals surface area contributed by atoms with E-state index in [0.717, 1.165) is 16.7 Å². The van der Waals surface area contributed by atoms with Crippen LogP contribution in [0.5, 0.6) is 17.2 Å². The number of amides is 3. The minimum atomic E-state index is -0.584. The number of hydrogen-bond acceptors (Lipinski definition) is 9. The Balaban J connectivity index is 1.77. The Labute approximate surface area is 225 Å². The lowest BCUT2D eigenvalue weighted by Crippen LogP contribution is -2.36. The third kappa shape index (κ3) is 6.69. The average Bonchev–Trinajstić information content (AvgIpc) is 3.11. The van der Waals surface area contributed by atoms with Crippen molar-refractivity contribution in [1.29, 1.82) is 0 Å². The summed E-state index contributed by atoms with van der Waals surface area (Å²) in [5, 5.41) is 2.09. The third-order valence-corrected chi connectivity index (χ3v) is 6.46. The zero-order valence-corrected chi connectivity index (χ0v) is 22.6. The highest BCUT2D eigenvalue weighted by atomic mass is 127. The van der Waals surface area contributed by atoms with Gasteiger partial charge in [-0.05, 0) is 77.2 Å². The molecule has 3 rings (SSSR count). The number of thioether (sulfide) groups is 1. The van der Waals surface area contributed by atoms with Crippen LogP contribution >= 0.6 is 34.4 Å². The van der Waals surface area contributed by atoms with Gasteiger partial charge in [0.2, 0.25) is 5.91 Å². The van der Waals surface area contributed by atoms with Gasteiger partial charge in [-0.25, -0.2) is 4.79 Å². The highest BCUT2D eigenvalue weighted by Gasteiger charge is 2.36. The average molecular weight is 626 g/mol. The Hall–Kier alpha value is -3.26. The van der Waals surface area contributed by atoms with E-state index in [1.165, 1.54) is 20.3 Å². The molecule has 12 heteroatoms. The van der Waals surface area contributed by atoms with Gasteiger partial charge in [-0.15, -0.1) is 0 Å². The van der Waals surface area contributed by atoms with Gasteiger partial charge in [-0.3, -0.25) is 19.3 Å². The zero-order chi connectivity index (χ0) is 26.2. The molecule has 0 spiro atoms. The summed E-state index contributed by atoms with van der Waals surface area (Å²) in [5.74, 6) is -0.474. The maximum Gasteiger partial charge on any atom is 0.343 e. The fourth-order valence-electron chi connectivity index (χ4n) is 3.13. The number of nitrogens with zero attached hydrogens (tertiary/aromatic N) is 1. The Morgan fingerprint density at radius 3 is 2.56 bits per heavy atom. The molecule has 1 N–H and O–H groups in total. The molecule has 0 radical (unpaired) electrons. The van der Waals surface area contributed by atoms with Crippen molar-refractivity contribution in [2.45, 2.75) is 6.92 Å². The number of carbonyl (C=O) groups is 4. The van der Waals surface area contributed by atoms with Gasteiger partial charge in [0, 0.05) is 0 Å². The van der Waals surface area contributed by atoms with Gasteiger partial charge in [0.1, 0.15) is 12.3 Å². The molecule has 0 bridgehead atoms. The van der Waals surface area contributed by atoms with Gasteiger partial charge in [-0.2, -0.15) is 0 Å². The lowest BCUT2D eigenvalue weighted by molar-refractivity contribution is -0.143. The molecule has 1 aliphatic rings. The summed E-state index contributed by atoms with van der Waals surface area (Å²) in [7, 11) is 2.74. The number of halogens is 1. The van der Waals surface area contributed by atoms with Crippen molar-refractivity contribution < 1.29 is 38.1 Å². The van der Waals surface area contributed by atoms with Crippen molar-refractivity contribution in [3.8, 4) is 17.2 Å². The van der Waals surface area contributed by atoms with E-state index in [1.54, 1.807) is 43.3 Å². The summed E-state index contributed by atoms with van der Waals surface area (Å²) >= 11 is 2.76. The van der Waals surface area contributed by atoms with Crippen LogP contribution in [0, 0.1) is 3.57 Å². The van der Waals surface area contributed by atoms with Gasteiger partial charge in [-0.1, -0.05) is 12.1 Å². The van der Waals surface area contributed by atoms with Crippen LogP contribution in [0.2, 0.25) is 0 Å². The summed E-state index contributed by atoms with van der Waals surface area (Å²) in [6.07, 6.45) is 1.54. The largest absolute Gasteiger partial charge is 0.495 e. The summed E-state index contributed by atoms with van der Waals surface area (Å²) < 4.78 is 21.6. The molecule has 1 aliphatic heterocycles. The molecule has 2 aromatic rings. The van der Waals surface area contributed by atoms with E-state index in [9.17, 15) is 19.2 Å². The maximum absolute atomic E-state index is 12.9. The summed E-state index contributed by atoms with van der Waals surface area (Å²) in [6, 6.07) is 10.2. The molecule has 0 atom stereocenters. The molecule has 190 valence electrons. The number of hydrogen-bond donors (Lipinski definition) is 1. The Morgan fingerprint density at radius 2 is 1.86 bits per heavy atom. The minimum Gasteiger partial charge on any atom is -0.495 e. The molecule has 1 fully saturated rings. The van der Waals surface area contributed by atoms with E-state index in [2.05, 4.69) is 10.1 Å². The minimum absolute atomic E-state index is 0.159. The first-order valence-corrected chi connectivity index (χ1v) is 12.5. The molecule has 0 aliphatic carbocycles. The SMILES string of the molecule is CCOc1cc(/C=C2/SC(=O)N(CC(=O)Nc3ccccc3OC)C2=O)cc(I)c1OCC(=O)OC. The molecule has 0 unspecified atom stereocenters. The van der Waals surface area contributed by atoms with Gasteiger partial charge in [0.15, 0.2) is 18.1 Å². The second-order valence-corrected chi connectivity index (χ2v) is 9.30. The standard InChI is InChI=1S/C24H23IN2O8S/c1-4-34-18-10-14(9-15(25)22(18)35-13-21(29)33-3)11-19-23(30)27(24(31)36-19)12-20(28)26-16-7-5-6-8-17(16)32-2/h5-11H,4,12-13H2,1-3H3,(H,26,28)/b19-11+. The maximum atomic E-state index is 12.9. The number of carbonyl (C=O) groups excluding carboxylic acids is 4. The number of methoxy groups -OCH3 is 2. The van der Waals surface area contributed by atoms with Crippen LogP contribution in [-0.4, -0.2) is 61.9 Å². The van der Waals surface area contributed by atoms with E-state index >= 15 is 0 Å². The normalized spacial score (nSPS) is 14.1. The lowest BCUT2D eigenvalue weighted by Gasteiger charge is -2.14. The lowest BCUT2D eigenvalue weighted by atomic mass is 10.2. The number of rotatable bonds is 10. The van der Waals surface area contributed by atoms with Crippen molar-refractivity contribution in [3.63, 3.8) is 0 Å². The van der Waals surface area contributed by atoms with Crippen LogP contribution < -0.4 is 19.5 Å². The zero-order valence-electron chi connectivity index (χ0n) is 19.7. The van der Waals surface area contributed by atoms with Gasteiger partial charge < -0.3 is 24.3 Å².